The molecule has 0 spiro atoms. The van der Waals surface area contributed by atoms with Gasteiger partial charge in [0, 0.05) is 17.0 Å². The van der Waals surface area contributed by atoms with E-state index in [9.17, 15) is 4.79 Å². The number of anilines is 1. The molecule has 0 bridgehead atoms. The van der Waals surface area contributed by atoms with Gasteiger partial charge in [-0.3, -0.25) is 5.32 Å². The van der Waals surface area contributed by atoms with Crippen molar-refractivity contribution in [1.29, 1.82) is 0 Å². The number of nitrogens with one attached hydrogen (secondary N) is 2. The van der Waals surface area contributed by atoms with Crippen LogP contribution in [0.3, 0.4) is 0 Å². The molecule has 0 aliphatic heterocycles. The zero-order chi connectivity index (χ0) is 21.6. The van der Waals surface area contributed by atoms with E-state index >= 15 is 0 Å². The van der Waals surface area contributed by atoms with Crippen LogP contribution in [0.15, 0.2) is 57.6 Å². The highest BCUT2D eigenvalue weighted by Crippen LogP contribution is 2.33. The van der Waals surface area contributed by atoms with Crippen molar-refractivity contribution >= 4 is 22.9 Å². The number of rotatable bonds is 8. The Kier molecular flexibility index (Phi) is 6.02. The van der Waals surface area contributed by atoms with Crippen molar-refractivity contribution in [3.63, 3.8) is 0 Å². The molecule has 9 nitrogen and oxygen atoms in total. The van der Waals surface area contributed by atoms with Gasteiger partial charge in [0.2, 0.25) is 5.88 Å². The third kappa shape index (κ3) is 4.61. The summed E-state index contributed by atoms with van der Waals surface area (Å²) < 4.78 is 21.7. The highest BCUT2D eigenvalue weighted by Gasteiger charge is 2.14. The van der Waals surface area contributed by atoms with E-state index in [4.69, 9.17) is 18.5 Å². The van der Waals surface area contributed by atoms with Gasteiger partial charge in [0.05, 0.1) is 19.8 Å². The summed E-state index contributed by atoms with van der Waals surface area (Å²) in [5, 5.41) is 14.2. The minimum absolute atomic E-state index is 0.209. The van der Waals surface area contributed by atoms with Crippen molar-refractivity contribution in [2.75, 3.05) is 18.5 Å². The van der Waals surface area contributed by atoms with E-state index < -0.39 is 6.03 Å². The number of urea groups is 1. The predicted molar refractivity (Wildman–Crippen MR) is 114 cm³/mol. The molecule has 9 heteroatoms. The molecular formula is C22H22N4O5. The van der Waals surface area contributed by atoms with Crippen LogP contribution in [0.4, 0.5) is 10.7 Å². The Morgan fingerprint density at radius 1 is 0.968 bits per heavy atom. The first-order chi connectivity index (χ1) is 15.2. The first-order valence-corrected chi connectivity index (χ1v) is 9.92. The van der Waals surface area contributed by atoms with Crippen LogP contribution in [0.5, 0.6) is 11.5 Å². The molecule has 2 heterocycles. The van der Waals surface area contributed by atoms with Gasteiger partial charge in [-0.05, 0) is 44.2 Å². The predicted octanol–water partition coefficient (Wildman–Crippen LogP) is 4.60. The maximum atomic E-state index is 12.2. The number of aromatic nitrogens is 2. The lowest BCUT2D eigenvalue weighted by atomic mass is 10.1. The van der Waals surface area contributed by atoms with Gasteiger partial charge >= 0.3 is 6.03 Å². The minimum Gasteiger partial charge on any atom is -0.490 e. The zero-order valence-electron chi connectivity index (χ0n) is 17.2. The molecule has 2 amide bonds. The lowest BCUT2D eigenvalue weighted by molar-refractivity contribution is 0.250. The second-order valence-corrected chi connectivity index (χ2v) is 6.54. The van der Waals surface area contributed by atoms with E-state index in [-0.39, 0.29) is 12.4 Å². The molecular weight excluding hydrogens is 400 g/mol. The molecule has 0 fully saturated rings. The number of fused-ring (bicyclic) bond motifs is 1. The minimum atomic E-state index is -0.448. The molecule has 160 valence electrons. The molecule has 0 radical (unpaired) electrons. The number of hydrogen-bond acceptors (Lipinski definition) is 7. The summed E-state index contributed by atoms with van der Waals surface area (Å²) in [6.45, 7) is 5.07. The number of hydrogen-bond donors (Lipinski definition) is 2. The van der Waals surface area contributed by atoms with Gasteiger partial charge in [-0.15, -0.1) is 0 Å². The second-order valence-electron chi connectivity index (χ2n) is 6.54. The second kappa shape index (κ2) is 9.21. The highest BCUT2D eigenvalue weighted by molar-refractivity contribution is 5.88. The SMILES string of the molecule is CCOc1ccc(-c2cc(NC(=O)NCc3noc4ccccc34)on2)cc1OCC. The Bertz CT molecular complexity index is 1180. The summed E-state index contributed by atoms with van der Waals surface area (Å²) in [6, 6.07) is 14.1. The van der Waals surface area contributed by atoms with E-state index in [1.807, 2.05) is 56.3 Å². The summed E-state index contributed by atoms with van der Waals surface area (Å²) in [5.74, 6) is 1.50. The van der Waals surface area contributed by atoms with E-state index in [1.54, 1.807) is 6.07 Å². The van der Waals surface area contributed by atoms with Crippen LogP contribution in [-0.4, -0.2) is 29.6 Å². The van der Waals surface area contributed by atoms with Crippen LogP contribution in [0, 0.1) is 0 Å². The molecule has 4 aromatic rings. The van der Waals surface area contributed by atoms with Crippen LogP contribution in [0.25, 0.3) is 22.2 Å². The monoisotopic (exact) mass is 422 g/mol. The summed E-state index contributed by atoms with van der Waals surface area (Å²) in [7, 11) is 0. The van der Waals surface area contributed by atoms with Crippen LogP contribution < -0.4 is 20.1 Å². The fraction of sp³-hybridized carbons (Fsp3) is 0.227. The molecule has 0 saturated heterocycles. The van der Waals surface area contributed by atoms with Gasteiger partial charge in [0.1, 0.15) is 11.4 Å². The van der Waals surface area contributed by atoms with E-state index in [2.05, 4.69) is 20.9 Å². The molecule has 0 aliphatic carbocycles. The third-order valence-corrected chi connectivity index (χ3v) is 4.45. The summed E-state index contributed by atoms with van der Waals surface area (Å²) >= 11 is 0. The van der Waals surface area contributed by atoms with Crippen molar-refractivity contribution in [2.45, 2.75) is 20.4 Å². The summed E-state index contributed by atoms with van der Waals surface area (Å²) in [6.07, 6.45) is 0. The Balaban J connectivity index is 1.40. The normalized spacial score (nSPS) is 10.8. The standard InChI is InChI=1S/C22H22N4O5/c1-3-28-19-10-9-14(11-20(19)29-4-2)16-12-21(31-25-16)24-22(27)23-13-17-15-7-5-6-8-18(15)30-26-17/h5-12H,3-4,13H2,1-2H3,(H2,23,24,27). The van der Waals surface area contributed by atoms with Crippen LogP contribution >= 0.6 is 0 Å². The van der Waals surface area contributed by atoms with E-state index in [1.165, 1.54) is 0 Å². The number of carbonyl (C=O) groups is 1. The van der Waals surface area contributed by atoms with E-state index in [0.29, 0.717) is 41.7 Å². The molecule has 0 unspecified atom stereocenters. The molecule has 31 heavy (non-hydrogen) atoms. The number of amides is 2. The zero-order valence-corrected chi connectivity index (χ0v) is 17.2. The van der Waals surface area contributed by atoms with Gasteiger partial charge in [-0.1, -0.05) is 22.4 Å². The fourth-order valence-corrected chi connectivity index (χ4v) is 3.07. The van der Waals surface area contributed by atoms with Gasteiger partial charge in [-0.2, -0.15) is 0 Å². The first kappa shape index (κ1) is 20.3. The summed E-state index contributed by atoms with van der Waals surface area (Å²) in [4.78, 5) is 12.2. The van der Waals surface area contributed by atoms with Crippen molar-refractivity contribution in [3.8, 4) is 22.8 Å². The van der Waals surface area contributed by atoms with Crippen LogP contribution in [-0.2, 0) is 6.54 Å². The van der Waals surface area contributed by atoms with Gasteiger partial charge in [-0.25, -0.2) is 4.79 Å². The molecule has 2 N–H and O–H groups in total. The average molecular weight is 422 g/mol. The van der Waals surface area contributed by atoms with Gasteiger partial charge in [0.15, 0.2) is 17.1 Å². The summed E-state index contributed by atoms with van der Waals surface area (Å²) in [5.41, 5.74) is 2.64. The fourth-order valence-electron chi connectivity index (χ4n) is 3.07. The topological polar surface area (TPSA) is 112 Å². The number of carbonyl (C=O) groups excluding carboxylic acids is 1. The van der Waals surface area contributed by atoms with Gasteiger partial charge in [0.25, 0.3) is 0 Å². The highest BCUT2D eigenvalue weighted by atomic mass is 16.5. The van der Waals surface area contributed by atoms with Crippen molar-refractivity contribution in [3.05, 3.63) is 54.2 Å². The first-order valence-electron chi connectivity index (χ1n) is 9.92. The lowest BCUT2D eigenvalue weighted by Gasteiger charge is -2.11. The lowest BCUT2D eigenvalue weighted by Crippen LogP contribution is -2.28. The number of ether oxygens (including phenoxy) is 2. The average Bonchev–Trinajstić information content (AvgIpc) is 3.41. The van der Waals surface area contributed by atoms with E-state index in [0.717, 1.165) is 10.9 Å². The molecule has 2 aromatic heterocycles. The molecule has 4 rings (SSSR count). The largest absolute Gasteiger partial charge is 0.490 e. The number of benzene rings is 2. The van der Waals surface area contributed by atoms with Gasteiger partial charge < -0.3 is 23.8 Å². The van der Waals surface area contributed by atoms with Crippen molar-refractivity contribution < 1.29 is 23.3 Å². The quantitative estimate of drug-likeness (QED) is 0.427. The smallest absolute Gasteiger partial charge is 0.321 e. The number of para-hydroxylation sites is 1. The molecule has 2 aromatic carbocycles. The Hall–Kier alpha value is -4.01. The van der Waals surface area contributed by atoms with Crippen LogP contribution in [0.2, 0.25) is 0 Å². The van der Waals surface area contributed by atoms with Crippen LogP contribution in [0.1, 0.15) is 19.5 Å². The maximum absolute atomic E-state index is 12.2. The Morgan fingerprint density at radius 3 is 2.61 bits per heavy atom. The Labute approximate surface area is 178 Å². The Morgan fingerprint density at radius 2 is 1.77 bits per heavy atom. The third-order valence-electron chi connectivity index (χ3n) is 4.45. The van der Waals surface area contributed by atoms with Crippen molar-refractivity contribution in [2.24, 2.45) is 0 Å². The van der Waals surface area contributed by atoms with Crippen molar-refractivity contribution in [1.82, 2.24) is 15.6 Å². The molecule has 0 aliphatic rings. The molecule has 0 saturated carbocycles. The number of nitrogens with zero attached hydrogens (tertiary/aromatic N) is 2. The molecule has 0 atom stereocenters. The maximum Gasteiger partial charge on any atom is 0.321 e.